The average Bonchev–Trinajstić information content (AvgIpc) is 2.85. The van der Waals surface area contributed by atoms with E-state index < -0.39 is 11.7 Å². The molecule has 0 aliphatic carbocycles. The minimum Gasteiger partial charge on any atom is -0.344 e. The summed E-state index contributed by atoms with van der Waals surface area (Å²) >= 11 is 0. The fourth-order valence-electron chi connectivity index (χ4n) is 2.00. The van der Waals surface area contributed by atoms with E-state index in [1.807, 2.05) is 0 Å². The fourth-order valence-corrected chi connectivity index (χ4v) is 2.00. The molecule has 2 aromatic heterocycles. The number of nitrogens with one attached hydrogen (secondary N) is 1. The molecule has 3 aromatic rings. The van der Waals surface area contributed by atoms with Gasteiger partial charge in [0.1, 0.15) is 5.52 Å². The number of benzene rings is 1. The molecule has 0 fully saturated rings. The SMILES string of the molecule is FC(F)(F)c1ccccc1-c1nccc2[nH]cnc12. The lowest BCUT2D eigenvalue weighted by Crippen LogP contribution is -2.07. The summed E-state index contributed by atoms with van der Waals surface area (Å²) in [5, 5.41) is 0. The first-order valence-corrected chi connectivity index (χ1v) is 5.52. The Balaban J connectivity index is 2.31. The van der Waals surface area contributed by atoms with Crippen molar-refractivity contribution in [3.05, 3.63) is 48.4 Å². The summed E-state index contributed by atoms with van der Waals surface area (Å²) in [5.41, 5.74) is 0.638. The number of halogens is 3. The van der Waals surface area contributed by atoms with E-state index in [1.165, 1.54) is 24.7 Å². The number of hydrogen-bond acceptors (Lipinski definition) is 2. The number of pyridine rings is 1. The average molecular weight is 263 g/mol. The van der Waals surface area contributed by atoms with Crippen LogP contribution < -0.4 is 0 Å². The number of rotatable bonds is 1. The zero-order valence-electron chi connectivity index (χ0n) is 9.57. The third-order valence-electron chi connectivity index (χ3n) is 2.83. The first-order chi connectivity index (χ1) is 9.07. The minimum absolute atomic E-state index is 0.0349. The molecule has 2 heterocycles. The first kappa shape index (κ1) is 11.7. The lowest BCUT2D eigenvalue weighted by molar-refractivity contribution is -0.137. The molecule has 19 heavy (non-hydrogen) atoms. The van der Waals surface area contributed by atoms with Crippen molar-refractivity contribution in [1.82, 2.24) is 15.0 Å². The number of nitrogens with zero attached hydrogens (tertiary/aromatic N) is 2. The molecule has 0 aliphatic heterocycles. The topological polar surface area (TPSA) is 41.6 Å². The fraction of sp³-hybridized carbons (Fsp3) is 0.0769. The second kappa shape index (κ2) is 4.08. The van der Waals surface area contributed by atoms with Gasteiger partial charge in [0.05, 0.1) is 23.1 Å². The van der Waals surface area contributed by atoms with Crippen molar-refractivity contribution in [2.45, 2.75) is 6.18 Å². The maximum atomic E-state index is 13.0. The summed E-state index contributed by atoms with van der Waals surface area (Å²) in [5.74, 6) is 0. The van der Waals surface area contributed by atoms with Crippen molar-refractivity contribution in [3.8, 4) is 11.3 Å². The molecule has 1 aromatic carbocycles. The number of hydrogen-bond donors (Lipinski definition) is 1. The van der Waals surface area contributed by atoms with Crippen LogP contribution in [0.3, 0.4) is 0 Å². The molecule has 0 unspecified atom stereocenters. The van der Waals surface area contributed by atoms with Gasteiger partial charge in [-0.2, -0.15) is 13.2 Å². The van der Waals surface area contributed by atoms with Gasteiger partial charge in [0.25, 0.3) is 0 Å². The van der Waals surface area contributed by atoms with Crippen molar-refractivity contribution in [3.63, 3.8) is 0 Å². The highest BCUT2D eigenvalue weighted by Gasteiger charge is 2.34. The van der Waals surface area contributed by atoms with Crippen molar-refractivity contribution in [2.24, 2.45) is 0 Å². The number of alkyl halides is 3. The van der Waals surface area contributed by atoms with Crippen LogP contribution in [0.4, 0.5) is 13.2 Å². The largest absolute Gasteiger partial charge is 0.417 e. The van der Waals surface area contributed by atoms with Crippen LogP contribution in [0.15, 0.2) is 42.9 Å². The second-order valence-corrected chi connectivity index (χ2v) is 4.00. The van der Waals surface area contributed by atoms with E-state index in [1.54, 1.807) is 12.1 Å². The molecule has 0 saturated carbocycles. The molecular weight excluding hydrogens is 255 g/mol. The van der Waals surface area contributed by atoms with Gasteiger partial charge in [0, 0.05) is 11.8 Å². The Labute approximate surface area is 106 Å². The Morgan fingerprint density at radius 2 is 1.79 bits per heavy atom. The van der Waals surface area contributed by atoms with Gasteiger partial charge in [-0.1, -0.05) is 18.2 Å². The zero-order chi connectivity index (χ0) is 13.5. The molecule has 96 valence electrons. The number of fused-ring (bicyclic) bond motifs is 1. The predicted octanol–water partition coefficient (Wildman–Crippen LogP) is 3.64. The monoisotopic (exact) mass is 263 g/mol. The van der Waals surface area contributed by atoms with Crippen molar-refractivity contribution < 1.29 is 13.2 Å². The molecule has 0 aliphatic rings. The number of H-pyrrole nitrogens is 1. The van der Waals surface area contributed by atoms with Crippen LogP contribution in [0.25, 0.3) is 22.3 Å². The van der Waals surface area contributed by atoms with Crippen molar-refractivity contribution in [1.29, 1.82) is 0 Å². The van der Waals surface area contributed by atoms with E-state index in [2.05, 4.69) is 15.0 Å². The van der Waals surface area contributed by atoms with Gasteiger partial charge in [0.2, 0.25) is 0 Å². The van der Waals surface area contributed by atoms with Crippen LogP contribution in [0.1, 0.15) is 5.56 Å². The molecule has 0 amide bonds. The summed E-state index contributed by atoms with van der Waals surface area (Å²) < 4.78 is 39.0. The summed E-state index contributed by atoms with van der Waals surface area (Å²) in [4.78, 5) is 10.9. The number of imidazole rings is 1. The highest BCUT2D eigenvalue weighted by Crippen LogP contribution is 2.37. The van der Waals surface area contributed by atoms with E-state index in [4.69, 9.17) is 0 Å². The molecule has 3 nitrogen and oxygen atoms in total. The van der Waals surface area contributed by atoms with Gasteiger partial charge in [-0.15, -0.1) is 0 Å². The van der Waals surface area contributed by atoms with Crippen LogP contribution in [0, 0.1) is 0 Å². The van der Waals surface area contributed by atoms with Gasteiger partial charge in [-0.3, -0.25) is 4.98 Å². The maximum absolute atomic E-state index is 13.0. The standard InChI is InChI=1S/C13H8F3N3/c14-13(15,16)9-4-2-1-3-8(9)11-12-10(5-6-17-11)18-7-19-12/h1-7H,(H,18,19). The van der Waals surface area contributed by atoms with E-state index in [9.17, 15) is 13.2 Å². The molecule has 6 heteroatoms. The van der Waals surface area contributed by atoms with E-state index in [0.717, 1.165) is 6.07 Å². The minimum atomic E-state index is -4.42. The Kier molecular flexibility index (Phi) is 2.51. The third kappa shape index (κ3) is 1.95. The van der Waals surface area contributed by atoms with E-state index in [-0.39, 0.29) is 11.3 Å². The van der Waals surface area contributed by atoms with Gasteiger partial charge in [0.15, 0.2) is 0 Å². The summed E-state index contributed by atoms with van der Waals surface area (Å²) in [6, 6.07) is 7.03. The van der Waals surface area contributed by atoms with Gasteiger partial charge < -0.3 is 4.98 Å². The Morgan fingerprint density at radius 3 is 2.58 bits per heavy atom. The molecule has 0 bridgehead atoms. The van der Waals surface area contributed by atoms with E-state index >= 15 is 0 Å². The lowest BCUT2D eigenvalue weighted by atomic mass is 10.0. The Hall–Kier alpha value is -2.37. The van der Waals surface area contributed by atoms with Crippen molar-refractivity contribution in [2.75, 3.05) is 0 Å². The highest BCUT2D eigenvalue weighted by atomic mass is 19.4. The molecule has 0 spiro atoms. The summed E-state index contributed by atoms with van der Waals surface area (Å²) in [7, 11) is 0. The van der Waals surface area contributed by atoms with Gasteiger partial charge in [-0.25, -0.2) is 4.98 Å². The quantitative estimate of drug-likeness (QED) is 0.728. The molecule has 1 N–H and O–H groups in total. The van der Waals surface area contributed by atoms with Crippen LogP contribution in [0.2, 0.25) is 0 Å². The molecular formula is C13H8F3N3. The second-order valence-electron chi connectivity index (χ2n) is 4.00. The van der Waals surface area contributed by atoms with E-state index in [0.29, 0.717) is 11.0 Å². The third-order valence-corrected chi connectivity index (χ3v) is 2.83. The molecule has 0 radical (unpaired) electrons. The maximum Gasteiger partial charge on any atom is 0.417 e. The van der Waals surface area contributed by atoms with Gasteiger partial charge >= 0.3 is 6.18 Å². The molecule has 0 atom stereocenters. The normalized spacial score (nSPS) is 11.9. The van der Waals surface area contributed by atoms with Crippen LogP contribution >= 0.6 is 0 Å². The summed E-state index contributed by atoms with van der Waals surface area (Å²) in [6.07, 6.45) is -1.52. The van der Waals surface area contributed by atoms with Crippen LogP contribution in [-0.2, 0) is 6.18 Å². The Morgan fingerprint density at radius 1 is 1.00 bits per heavy atom. The lowest BCUT2D eigenvalue weighted by Gasteiger charge is -2.12. The smallest absolute Gasteiger partial charge is 0.344 e. The number of aromatic amines is 1. The number of aromatic nitrogens is 3. The zero-order valence-corrected chi connectivity index (χ0v) is 9.57. The Bertz CT molecular complexity index is 731. The first-order valence-electron chi connectivity index (χ1n) is 5.52. The summed E-state index contributed by atoms with van der Waals surface area (Å²) in [6.45, 7) is 0. The van der Waals surface area contributed by atoms with Crippen LogP contribution in [-0.4, -0.2) is 15.0 Å². The van der Waals surface area contributed by atoms with Crippen molar-refractivity contribution >= 4 is 11.0 Å². The highest BCUT2D eigenvalue weighted by molar-refractivity contribution is 5.90. The molecule has 3 rings (SSSR count). The van der Waals surface area contributed by atoms with Crippen LogP contribution in [0.5, 0.6) is 0 Å². The molecule has 0 saturated heterocycles. The van der Waals surface area contributed by atoms with Gasteiger partial charge in [-0.05, 0) is 12.1 Å². The predicted molar refractivity (Wildman–Crippen MR) is 64.3 cm³/mol.